The van der Waals surface area contributed by atoms with Gasteiger partial charge in [-0.05, 0) is 30.3 Å². The summed E-state index contributed by atoms with van der Waals surface area (Å²) in [6, 6.07) is 14.7. The minimum absolute atomic E-state index is 0.290. The number of methoxy groups -OCH3 is 1. The lowest BCUT2D eigenvalue weighted by Gasteiger charge is -2.11. The molecule has 7 nitrogen and oxygen atoms in total. The van der Waals surface area contributed by atoms with Crippen LogP contribution in [0.25, 0.3) is 22.3 Å². The number of fused-ring (bicyclic) bond motifs is 1. The normalized spacial score (nSPS) is 10.7. The molecule has 0 aliphatic carbocycles. The van der Waals surface area contributed by atoms with Crippen LogP contribution in [0.15, 0.2) is 65.7 Å². The molecule has 0 spiro atoms. The van der Waals surface area contributed by atoms with Crippen molar-refractivity contribution in [2.24, 2.45) is 0 Å². The van der Waals surface area contributed by atoms with Gasteiger partial charge in [-0.25, -0.2) is 4.98 Å². The summed E-state index contributed by atoms with van der Waals surface area (Å²) in [7, 11) is 1.58. The van der Waals surface area contributed by atoms with E-state index in [9.17, 15) is 4.79 Å². The van der Waals surface area contributed by atoms with E-state index in [0.29, 0.717) is 33.7 Å². The molecule has 0 atom stereocenters. The molecule has 0 fully saturated rings. The summed E-state index contributed by atoms with van der Waals surface area (Å²) in [6.45, 7) is 0. The first-order valence-corrected chi connectivity index (χ1v) is 7.97. The minimum atomic E-state index is -0.291. The molecule has 3 aromatic heterocycles. The summed E-state index contributed by atoms with van der Waals surface area (Å²) in [4.78, 5) is 28.5. The quantitative estimate of drug-likeness (QED) is 0.590. The first-order chi connectivity index (χ1) is 12.8. The number of hydrogen-bond acceptors (Lipinski definition) is 6. The second kappa shape index (κ2) is 6.64. The minimum Gasteiger partial charge on any atom is -0.495 e. The maximum Gasteiger partial charge on any atom is 0.262 e. The van der Waals surface area contributed by atoms with E-state index in [1.807, 2.05) is 42.5 Å². The lowest BCUT2D eigenvalue weighted by molar-refractivity contribution is 0.417. The molecule has 0 saturated heterocycles. The number of para-hydroxylation sites is 2. The highest BCUT2D eigenvalue weighted by Crippen LogP contribution is 2.26. The number of H-pyrrole nitrogens is 1. The fraction of sp³-hybridized carbons (Fsp3) is 0.0526. The van der Waals surface area contributed by atoms with Crippen LogP contribution in [0.4, 0.5) is 11.6 Å². The molecule has 7 heteroatoms. The van der Waals surface area contributed by atoms with Gasteiger partial charge in [0, 0.05) is 18.0 Å². The Morgan fingerprint density at radius 1 is 1.00 bits per heavy atom. The van der Waals surface area contributed by atoms with Crippen LogP contribution in [-0.4, -0.2) is 27.0 Å². The van der Waals surface area contributed by atoms with Gasteiger partial charge in [0.1, 0.15) is 5.75 Å². The molecule has 128 valence electrons. The molecule has 3 heterocycles. The van der Waals surface area contributed by atoms with E-state index < -0.39 is 0 Å². The summed E-state index contributed by atoms with van der Waals surface area (Å²) in [6.07, 6.45) is 3.30. The molecule has 26 heavy (non-hydrogen) atoms. The summed E-state index contributed by atoms with van der Waals surface area (Å²) in [5, 5.41) is 3.47. The Balaban J connectivity index is 1.82. The first-order valence-electron chi connectivity index (χ1n) is 7.97. The number of benzene rings is 1. The second-order valence-electron chi connectivity index (χ2n) is 5.51. The SMILES string of the molecule is COc1ccccc1Nc1nc2nccc(-c3ccccn3)c2c(=O)[nH]1. The smallest absolute Gasteiger partial charge is 0.262 e. The van der Waals surface area contributed by atoms with Crippen molar-refractivity contribution >= 4 is 22.7 Å². The summed E-state index contributed by atoms with van der Waals surface area (Å²) >= 11 is 0. The third-order valence-corrected chi connectivity index (χ3v) is 3.91. The molecule has 0 amide bonds. The molecule has 1 aromatic carbocycles. The molecular formula is C19H15N5O2. The molecule has 0 aliphatic heterocycles. The van der Waals surface area contributed by atoms with Crippen LogP contribution < -0.4 is 15.6 Å². The van der Waals surface area contributed by atoms with Crippen molar-refractivity contribution in [3.63, 3.8) is 0 Å². The highest BCUT2D eigenvalue weighted by atomic mass is 16.5. The lowest BCUT2D eigenvalue weighted by Crippen LogP contribution is -2.13. The standard InChI is InChI=1S/C19H15N5O2/c1-26-15-8-3-2-7-14(15)22-19-23-17-16(18(25)24-19)12(9-11-21-17)13-6-4-5-10-20-13/h2-11H,1H3,(H2,21,22,23,24,25). The molecule has 0 bridgehead atoms. The van der Waals surface area contributed by atoms with Gasteiger partial charge in [0.2, 0.25) is 5.95 Å². The fourth-order valence-electron chi connectivity index (χ4n) is 2.73. The number of rotatable bonds is 4. The first kappa shape index (κ1) is 15.8. The van der Waals surface area contributed by atoms with Gasteiger partial charge in [0.05, 0.1) is 23.9 Å². The van der Waals surface area contributed by atoms with Crippen LogP contribution in [-0.2, 0) is 0 Å². The zero-order valence-electron chi connectivity index (χ0n) is 13.9. The number of pyridine rings is 2. The van der Waals surface area contributed by atoms with Gasteiger partial charge in [-0.15, -0.1) is 0 Å². The molecule has 2 N–H and O–H groups in total. The van der Waals surface area contributed by atoms with Crippen LogP contribution in [0.2, 0.25) is 0 Å². The average molecular weight is 345 g/mol. The molecule has 0 radical (unpaired) electrons. The van der Waals surface area contributed by atoms with Gasteiger partial charge in [0.25, 0.3) is 5.56 Å². The van der Waals surface area contributed by atoms with Crippen molar-refractivity contribution in [3.8, 4) is 17.0 Å². The number of nitrogens with zero attached hydrogens (tertiary/aromatic N) is 3. The maximum atomic E-state index is 12.7. The number of aromatic amines is 1. The van der Waals surface area contributed by atoms with Crippen LogP contribution in [0.1, 0.15) is 0 Å². The number of nitrogens with one attached hydrogen (secondary N) is 2. The van der Waals surface area contributed by atoms with Crippen molar-refractivity contribution < 1.29 is 4.74 Å². The van der Waals surface area contributed by atoms with Crippen molar-refractivity contribution in [2.75, 3.05) is 12.4 Å². The molecule has 0 aliphatic rings. The van der Waals surface area contributed by atoms with Gasteiger partial charge in [0.15, 0.2) is 5.65 Å². The Labute approximate surface area is 148 Å². The largest absolute Gasteiger partial charge is 0.495 e. The van der Waals surface area contributed by atoms with E-state index in [1.165, 1.54) is 0 Å². The monoisotopic (exact) mass is 345 g/mol. The summed E-state index contributed by atoms with van der Waals surface area (Å²) in [5.41, 5.74) is 2.12. The number of aromatic nitrogens is 4. The zero-order chi connectivity index (χ0) is 17.9. The Bertz CT molecular complexity index is 1130. The van der Waals surface area contributed by atoms with Gasteiger partial charge < -0.3 is 10.1 Å². The third kappa shape index (κ3) is 2.86. The van der Waals surface area contributed by atoms with E-state index >= 15 is 0 Å². The van der Waals surface area contributed by atoms with E-state index in [0.717, 1.165) is 0 Å². The lowest BCUT2D eigenvalue weighted by atomic mass is 10.1. The summed E-state index contributed by atoms with van der Waals surface area (Å²) < 4.78 is 5.31. The van der Waals surface area contributed by atoms with E-state index in [2.05, 4.69) is 25.3 Å². The Morgan fingerprint density at radius 3 is 2.65 bits per heavy atom. The van der Waals surface area contributed by atoms with Crippen molar-refractivity contribution in [3.05, 3.63) is 71.3 Å². The Hall–Kier alpha value is -3.74. The predicted octanol–water partition coefficient (Wildman–Crippen LogP) is 3.13. The number of anilines is 2. The highest BCUT2D eigenvalue weighted by Gasteiger charge is 2.13. The van der Waals surface area contributed by atoms with Crippen LogP contribution >= 0.6 is 0 Å². The third-order valence-electron chi connectivity index (χ3n) is 3.91. The van der Waals surface area contributed by atoms with Gasteiger partial charge in [-0.2, -0.15) is 4.98 Å². The molecule has 0 saturated carbocycles. The van der Waals surface area contributed by atoms with E-state index in [-0.39, 0.29) is 11.5 Å². The van der Waals surface area contributed by atoms with E-state index in [4.69, 9.17) is 4.74 Å². The Kier molecular flexibility index (Phi) is 4.03. The Morgan fingerprint density at radius 2 is 1.85 bits per heavy atom. The topological polar surface area (TPSA) is 92.8 Å². The maximum absolute atomic E-state index is 12.7. The summed E-state index contributed by atoms with van der Waals surface area (Å²) in [5.74, 6) is 0.933. The van der Waals surface area contributed by atoms with E-state index in [1.54, 1.807) is 25.6 Å². The number of hydrogen-bond donors (Lipinski definition) is 2. The average Bonchev–Trinajstić information content (AvgIpc) is 2.68. The predicted molar refractivity (Wildman–Crippen MR) is 99.7 cm³/mol. The van der Waals surface area contributed by atoms with Crippen molar-refractivity contribution in [1.82, 2.24) is 19.9 Å². The van der Waals surface area contributed by atoms with Crippen molar-refractivity contribution in [1.29, 1.82) is 0 Å². The van der Waals surface area contributed by atoms with Crippen LogP contribution in [0.3, 0.4) is 0 Å². The second-order valence-corrected chi connectivity index (χ2v) is 5.51. The zero-order valence-corrected chi connectivity index (χ0v) is 13.9. The van der Waals surface area contributed by atoms with Gasteiger partial charge in [-0.3, -0.25) is 14.8 Å². The number of ether oxygens (including phenoxy) is 1. The molecular weight excluding hydrogens is 330 g/mol. The molecule has 0 unspecified atom stereocenters. The van der Waals surface area contributed by atoms with Crippen LogP contribution in [0.5, 0.6) is 5.75 Å². The van der Waals surface area contributed by atoms with Gasteiger partial charge in [-0.1, -0.05) is 18.2 Å². The molecule has 4 rings (SSSR count). The van der Waals surface area contributed by atoms with Crippen molar-refractivity contribution in [2.45, 2.75) is 0 Å². The van der Waals surface area contributed by atoms with Crippen LogP contribution in [0, 0.1) is 0 Å². The van der Waals surface area contributed by atoms with Gasteiger partial charge >= 0.3 is 0 Å². The molecule has 4 aromatic rings. The highest BCUT2D eigenvalue weighted by molar-refractivity contribution is 5.91. The fourth-order valence-corrected chi connectivity index (χ4v) is 2.73.